The van der Waals surface area contributed by atoms with E-state index in [2.05, 4.69) is 33.4 Å². The van der Waals surface area contributed by atoms with E-state index in [0.29, 0.717) is 0 Å². The zero-order valence-electron chi connectivity index (χ0n) is 7.25. The maximum absolute atomic E-state index is 3.48. The second-order valence-corrected chi connectivity index (χ2v) is 7.01. The lowest BCUT2D eigenvalue weighted by Gasteiger charge is -2.05. The summed E-state index contributed by atoms with van der Waals surface area (Å²) in [5, 5.41) is 3.39. The Morgan fingerprint density at radius 2 is 2.54 bits per heavy atom. The number of nitrogens with one attached hydrogen (secondary N) is 1. The van der Waals surface area contributed by atoms with Crippen molar-refractivity contribution in [1.82, 2.24) is 5.32 Å². The molecule has 1 aromatic rings. The van der Waals surface area contributed by atoms with E-state index in [0.717, 1.165) is 5.92 Å². The predicted octanol–water partition coefficient (Wildman–Crippen LogP) is 3.21. The molecule has 13 heavy (non-hydrogen) atoms. The van der Waals surface area contributed by atoms with Crippen molar-refractivity contribution in [1.29, 1.82) is 0 Å². The van der Waals surface area contributed by atoms with Crippen molar-refractivity contribution in [2.24, 2.45) is 5.92 Å². The van der Waals surface area contributed by atoms with E-state index in [-0.39, 0.29) is 0 Å². The van der Waals surface area contributed by atoms with E-state index < -0.39 is 0 Å². The highest BCUT2D eigenvalue weighted by atomic mass is 79.9. The molecule has 0 saturated carbocycles. The second-order valence-electron chi connectivity index (χ2n) is 3.23. The molecule has 1 fully saturated rings. The Balaban J connectivity index is 1.78. The zero-order chi connectivity index (χ0) is 9.10. The third-order valence-electron chi connectivity index (χ3n) is 2.17. The first-order valence-electron chi connectivity index (χ1n) is 4.43. The Bertz CT molecular complexity index is 268. The van der Waals surface area contributed by atoms with Crippen LogP contribution in [0.1, 0.15) is 6.42 Å². The van der Waals surface area contributed by atoms with Gasteiger partial charge in [0.2, 0.25) is 0 Å². The van der Waals surface area contributed by atoms with E-state index in [4.69, 9.17) is 0 Å². The zero-order valence-corrected chi connectivity index (χ0v) is 10.5. The molecule has 1 atom stereocenters. The van der Waals surface area contributed by atoms with Gasteiger partial charge in [-0.15, -0.1) is 23.1 Å². The maximum atomic E-state index is 3.48. The van der Waals surface area contributed by atoms with Crippen molar-refractivity contribution < 1.29 is 0 Å². The molecule has 0 radical (unpaired) electrons. The molecule has 1 N–H and O–H groups in total. The molecule has 1 aliphatic rings. The van der Waals surface area contributed by atoms with Crippen molar-refractivity contribution in [3.63, 3.8) is 0 Å². The van der Waals surface area contributed by atoms with Crippen LogP contribution in [-0.4, -0.2) is 18.8 Å². The summed E-state index contributed by atoms with van der Waals surface area (Å²) in [5.41, 5.74) is 0. The topological polar surface area (TPSA) is 12.0 Å². The van der Waals surface area contributed by atoms with Crippen molar-refractivity contribution in [3.05, 3.63) is 15.9 Å². The molecule has 4 heteroatoms. The van der Waals surface area contributed by atoms with Gasteiger partial charge in [-0.3, -0.25) is 0 Å². The van der Waals surface area contributed by atoms with Crippen LogP contribution in [0.5, 0.6) is 0 Å². The number of thiophene rings is 1. The largest absolute Gasteiger partial charge is 0.316 e. The normalized spacial score (nSPS) is 22.4. The fourth-order valence-corrected chi connectivity index (χ4v) is 4.43. The quantitative estimate of drug-likeness (QED) is 0.852. The van der Waals surface area contributed by atoms with Gasteiger partial charge in [-0.05, 0) is 53.5 Å². The average molecular weight is 278 g/mol. The van der Waals surface area contributed by atoms with E-state index in [9.17, 15) is 0 Å². The smallest absolute Gasteiger partial charge is 0.0710 e. The summed E-state index contributed by atoms with van der Waals surface area (Å²) in [4.78, 5) is 0. The van der Waals surface area contributed by atoms with Crippen LogP contribution < -0.4 is 5.32 Å². The third kappa shape index (κ3) is 2.98. The molecule has 1 nitrogen and oxygen atoms in total. The van der Waals surface area contributed by atoms with Crippen LogP contribution in [0.25, 0.3) is 0 Å². The molecule has 0 aliphatic carbocycles. The first kappa shape index (κ1) is 10.0. The Morgan fingerprint density at radius 1 is 1.62 bits per heavy atom. The first-order chi connectivity index (χ1) is 6.34. The Labute approximate surface area is 95.4 Å². The van der Waals surface area contributed by atoms with Crippen LogP contribution in [0, 0.1) is 5.92 Å². The van der Waals surface area contributed by atoms with Gasteiger partial charge in [0.05, 0.1) is 8.00 Å². The van der Waals surface area contributed by atoms with Gasteiger partial charge in [0.25, 0.3) is 0 Å². The molecule has 1 saturated heterocycles. The number of hydrogen-bond donors (Lipinski definition) is 1. The number of hydrogen-bond acceptors (Lipinski definition) is 3. The summed E-state index contributed by atoms with van der Waals surface area (Å²) < 4.78 is 2.67. The van der Waals surface area contributed by atoms with Crippen molar-refractivity contribution >= 4 is 39.0 Å². The molecule has 0 aromatic carbocycles. The van der Waals surface area contributed by atoms with Crippen LogP contribution in [0.3, 0.4) is 0 Å². The first-order valence-corrected chi connectivity index (χ1v) is 7.03. The van der Waals surface area contributed by atoms with Gasteiger partial charge in [0, 0.05) is 5.75 Å². The standard InChI is InChI=1S/C9H12BrNS2/c10-8-1-2-9(13-8)12-6-7-3-4-11-5-7/h1-2,7,11H,3-6H2. The molecule has 2 rings (SSSR count). The van der Waals surface area contributed by atoms with Gasteiger partial charge in [0.1, 0.15) is 0 Å². The Hall–Kier alpha value is 0.490. The summed E-state index contributed by atoms with van der Waals surface area (Å²) >= 11 is 7.30. The van der Waals surface area contributed by atoms with E-state index in [1.807, 2.05) is 23.1 Å². The molecule has 1 aliphatic heterocycles. The molecule has 0 spiro atoms. The number of rotatable bonds is 3. The van der Waals surface area contributed by atoms with Gasteiger partial charge in [-0.25, -0.2) is 0 Å². The van der Waals surface area contributed by atoms with Crippen LogP contribution >= 0.6 is 39.0 Å². The van der Waals surface area contributed by atoms with Crippen molar-refractivity contribution in [3.8, 4) is 0 Å². The highest BCUT2D eigenvalue weighted by Gasteiger charge is 2.14. The van der Waals surface area contributed by atoms with E-state index >= 15 is 0 Å². The highest BCUT2D eigenvalue weighted by Crippen LogP contribution is 2.32. The van der Waals surface area contributed by atoms with Crippen LogP contribution in [0.4, 0.5) is 0 Å². The van der Waals surface area contributed by atoms with Crippen LogP contribution in [0.2, 0.25) is 0 Å². The lowest BCUT2D eigenvalue weighted by molar-refractivity contribution is 0.663. The third-order valence-corrected chi connectivity index (χ3v) is 5.25. The Kier molecular flexibility index (Phi) is 3.72. The maximum Gasteiger partial charge on any atom is 0.0710 e. The summed E-state index contributed by atoms with van der Waals surface area (Å²) in [6.07, 6.45) is 1.35. The number of thioether (sulfide) groups is 1. The van der Waals surface area contributed by atoms with Gasteiger partial charge in [-0.1, -0.05) is 0 Å². The monoisotopic (exact) mass is 277 g/mol. The minimum atomic E-state index is 0.880. The highest BCUT2D eigenvalue weighted by molar-refractivity contribution is 9.11. The summed E-state index contributed by atoms with van der Waals surface area (Å²) in [6.45, 7) is 2.42. The molecular weight excluding hydrogens is 266 g/mol. The lowest BCUT2D eigenvalue weighted by atomic mass is 10.2. The lowest BCUT2D eigenvalue weighted by Crippen LogP contribution is -2.10. The van der Waals surface area contributed by atoms with Crippen molar-refractivity contribution in [2.75, 3.05) is 18.8 Å². The van der Waals surface area contributed by atoms with Gasteiger partial charge < -0.3 is 5.32 Å². The molecule has 0 amide bonds. The average Bonchev–Trinajstić information content (AvgIpc) is 2.71. The molecule has 72 valence electrons. The summed E-state index contributed by atoms with van der Waals surface area (Å²) in [5.74, 6) is 2.14. The molecule has 0 bridgehead atoms. The van der Waals surface area contributed by atoms with Gasteiger partial charge in [0.15, 0.2) is 0 Å². The Morgan fingerprint density at radius 3 is 3.15 bits per heavy atom. The van der Waals surface area contributed by atoms with Crippen LogP contribution in [-0.2, 0) is 0 Å². The summed E-state index contributed by atoms with van der Waals surface area (Å²) in [6, 6.07) is 4.32. The van der Waals surface area contributed by atoms with Gasteiger partial charge in [-0.2, -0.15) is 0 Å². The fraction of sp³-hybridized carbons (Fsp3) is 0.556. The molecule has 2 heterocycles. The molecule has 1 unspecified atom stereocenters. The summed E-state index contributed by atoms with van der Waals surface area (Å²) in [7, 11) is 0. The van der Waals surface area contributed by atoms with Gasteiger partial charge >= 0.3 is 0 Å². The van der Waals surface area contributed by atoms with Crippen LogP contribution in [0.15, 0.2) is 20.1 Å². The SMILES string of the molecule is Brc1ccc(SCC2CCNC2)s1. The molecule has 1 aromatic heterocycles. The minimum absolute atomic E-state index is 0.880. The predicted molar refractivity (Wildman–Crippen MR) is 63.7 cm³/mol. The fourth-order valence-electron chi connectivity index (χ4n) is 1.43. The van der Waals surface area contributed by atoms with Crippen molar-refractivity contribution in [2.45, 2.75) is 10.6 Å². The minimum Gasteiger partial charge on any atom is -0.316 e. The van der Waals surface area contributed by atoms with E-state index in [1.165, 1.54) is 33.3 Å². The molecular formula is C9H12BrNS2. The van der Waals surface area contributed by atoms with E-state index in [1.54, 1.807) is 0 Å². The second kappa shape index (κ2) is 4.82. The number of halogens is 1.